The molecule has 3 N–H and O–H groups in total. The molecule has 4 rings (SSSR count). The van der Waals surface area contributed by atoms with Crippen LogP contribution in [-0.4, -0.2) is 17.0 Å². The van der Waals surface area contributed by atoms with E-state index in [-0.39, 0.29) is 11.9 Å². The number of carboxylic acid groups (broad SMARTS) is 1. The summed E-state index contributed by atoms with van der Waals surface area (Å²) in [7, 11) is 0. The van der Waals surface area contributed by atoms with E-state index in [2.05, 4.69) is 4.98 Å². The molecule has 23 heavy (non-hydrogen) atoms. The van der Waals surface area contributed by atoms with Crippen LogP contribution in [0.1, 0.15) is 22.9 Å². The molecule has 0 saturated carbocycles. The first-order valence-corrected chi connectivity index (χ1v) is 7.54. The van der Waals surface area contributed by atoms with Crippen molar-refractivity contribution >= 4 is 16.9 Å². The Morgan fingerprint density at radius 1 is 1.22 bits per heavy atom. The summed E-state index contributed by atoms with van der Waals surface area (Å²) in [5.74, 6) is -1.42. The minimum Gasteiger partial charge on any atom is -0.544 e. The number of aromatic nitrogens is 1. The van der Waals surface area contributed by atoms with Gasteiger partial charge in [-0.05, 0) is 23.8 Å². The van der Waals surface area contributed by atoms with Crippen molar-refractivity contribution in [1.82, 2.24) is 4.98 Å². The molecule has 2 aromatic carbocycles. The van der Waals surface area contributed by atoms with Gasteiger partial charge in [0.1, 0.15) is 11.9 Å². The lowest BCUT2D eigenvalue weighted by atomic mass is 9.90. The van der Waals surface area contributed by atoms with Gasteiger partial charge in [-0.15, -0.1) is 0 Å². The second-order valence-corrected chi connectivity index (χ2v) is 5.92. The summed E-state index contributed by atoms with van der Waals surface area (Å²) in [4.78, 5) is 14.8. The molecule has 4 nitrogen and oxygen atoms in total. The lowest BCUT2D eigenvalue weighted by Gasteiger charge is -2.28. The quantitative estimate of drug-likeness (QED) is 0.729. The number of aliphatic carboxylic acids is 1. The third-order valence-corrected chi connectivity index (χ3v) is 4.52. The van der Waals surface area contributed by atoms with Gasteiger partial charge < -0.3 is 20.2 Å². The number of quaternary nitrogens is 1. The zero-order chi connectivity index (χ0) is 16.0. The Hall–Kier alpha value is -2.66. The van der Waals surface area contributed by atoms with Crippen molar-refractivity contribution in [2.75, 3.05) is 0 Å². The van der Waals surface area contributed by atoms with Crippen molar-refractivity contribution in [3.63, 3.8) is 0 Å². The molecule has 0 bridgehead atoms. The Labute approximate surface area is 132 Å². The number of benzene rings is 2. The van der Waals surface area contributed by atoms with Gasteiger partial charge in [0.2, 0.25) is 0 Å². The molecule has 116 valence electrons. The number of nitrogens with one attached hydrogen (secondary N) is 1. The van der Waals surface area contributed by atoms with Crippen molar-refractivity contribution < 1.29 is 19.6 Å². The Morgan fingerprint density at radius 2 is 2.04 bits per heavy atom. The maximum absolute atomic E-state index is 13.6. The SMILES string of the molecule is O=C([O-])[C@@H]1Cc2c([nH]c3ccccc23)[C@H](c2cccc(F)c2)[NH2+]1. The van der Waals surface area contributed by atoms with Gasteiger partial charge in [0.15, 0.2) is 6.04 Å². The number of fused-ring (bicyclic) bond motifs is 3. The fraction of sp³-hybridized carbons (Fsp3) is 0.167. The molecule has 0 spiro atoms. The zero-order valence-corrected chi connectivity index (χ0v) is 12.3. The van der Waals surface area contributed by atoms with E-state index in [4.69, 9.17) is 0 Å². The molecule has 0 aliphatic carbocycles. The summed E-state index contributed by atoms with van der Waals surface area (Å²) in [5.41, 5.74) is 3.62. The van der Waals surface area contributed by atoms with Crippen LogP contribution >= 0.6 is 0 Å². The molecule has 0 fully saturated rings. The van der Waals surface area contributed by atoms with Gasteiger partial charge >= 0.3 is 0 Å². The van der Waals surface area contributed by atoms with Crippen LogP contribution in [0.25, 0.3) is 10.9 Å². The number of H-pyrrole nitrogens is 1. The van der Waals surface area contributed by atoms with Crippen molar-refractivity contribution in [2.24, 2.45) is 0 Å². The molecule has 0 radical (unpaired) electrons. The van der Waals surface area contributed by atoms with E-state index in [9.17, 15) is 14.3 Å². The molecule has 0 unspecified atom stereocenters. The minimum atomic E-state index is -1.10. The first-order chi connectivity index (χ1) is 11.1. The summed E-state index contributed by atoms with van der Waals surface area (Å²) in [6, 6.07) is 13.1. The Bertz CT molecular complexity index is 903. The average Bonchev–Trinajstić information content (AvgIpc) is 2.92. The van der Waals surface area contributed by atoms with Crippen LogP contribution < -0.4 is 10.4 Å². The maximum Gasteiger partial charge on any atom is 0.153 e. The molecule has 2 heterocycles. The Morgan fingerprint density at radius 3 is 2.83 bits per heavy atom. The van der Waals surface area contributed by atoms with E-state index in [0.29, 0.717) is 6.42 Å². The van der Waals surface area contributed by atoms with Gasteiger partial charge in [0.05, 0.1) is 11.7 Å². The van der Waals surface area contributed by atoms with Crippen molar-refractivity contribution in [3.8, 4) is 0 Å². The number of carboxylic acids is 1. The second-order valence-electron chi connectivity index (χ2n) is 5.92. The Kier molecular flexibility index (Phi) is 3.16. The summed E-state index contributed by atoms with van der Waals surface area (Å²) in [6.45, 7) is 0. The fourth-order valence-corrected chi connectivity index (χ4v) is 3.46. The number of nitrogens with two attached hydrogens (primary N) is 1. The van der Waals surface area contributed by atoms with E-state index in [1.54, 1.807) is 11.4 Å². The number of carbonyl (C=O) groups excluding carboxylic acids is 1. The van der Waals surface area contributed by atoms with Gasteiger partial charge in [0.25, 0.3) is 0 Å². The summed E-state index contributed by atoms with van der Waals surface area (Å²) >= 11 is 0. The van der Waals surface area contributed by atoms with Crippen LogP contribution in [0, 0.1) is 5.82 Å². The number of aromatic amines is 1. The van der Waals surface area contributed by atoms with E-state index >= 15 is 0 Å². The minimum absolute atomic E-state index is 0.287. The number of halogens is 1. The summed E-state index contributed by atoms with van der Waals surface area (Å²) in [5, 5.41) is 14.2. The topological polar surface area (TPSA) is 72.5 Å². The van der Waals surface area contributed by atoms with Crippen molar-refractivity contribution in [1.29, 1.82) is 0 Å². The fourth-order valence-electron chi connectivity index (χ4n) is 3.46. The molecular weight excluding hydrogens is 295 g/mol. The van der Waals surface area contributed by atoms with Gasteiger partial charge in [-0.3, -0.25) is 0 Å². The molecule has 1 aliphatic heterocycles. The van der Waals surface area contributed by atoms with Crippen LogP contribution in [0.15, 0.2) is 48.5 Å². The van der Waals surface area contributed by atoms with Crippen molar-refractivity contribution in [2.45, 2.75) is 18.5 Å². The van der Waals surface area contributed by atoms with Gasteiger partial charge in [-0.25, -0.2) is 4.39 Å². The molecule has 2 atom stereocenters. The largest absolute Gasteiger partial charge is 0.544 e. The molecule has 1 aliphatic rings. The predicted molar refractivity (Wildman–Crippen MR) is 81.0 cm³/mol. The first-order valence-electron chi connectivity index (χ1n) is 7.54. The second kappa shape index (κ2) is 5.21. The highest BCUT2D eigenvalue weighted by Gasteiger charge is 2.34. The van der Waals surface area contributed by atoms with E-state index in [1.165, 1.54) is 12.1 Å². The first kappa shape index (κ1) is 14.0. The molecule has 3 aromatic rings. The van der Waals surface area contributed by atoms with Crippen LogP contribution in [-0.2, 0) is 11.2 Å². The maximum atomic E-state index is 13.6. The van der Waals surface area contributed by atoms with Crippen LogP contribution in [0.5, 0.6) is 0 Å². The standard InChI is InChI=1S/C18H15FN2O2/c19-11-5-3-4-10(8-11)16-17-13(9-15(21-16)18(22)23)12-6-1-2-7-14(12)20-17/h1-8,15-16,20-21H,9H2,(H,22,23)/t15-,16-/m0/s1. The third-order valence-electron chi connectivity index (χ3n) is 4.52. The number of carbonyl (C=O) groups is 1. The molecule has 0 saturated heterocycles. The lowest BCUT2D eigenvalue weighted by Crippen LogP contribution is -2.95. The smallest absolute Gasteiger partial charge is 0.153 e. The van der Waals surface area contributed by atoms with E-state index in [1.807, 2.05) is 30.3 Å². The van der Waals surface area contributed by atoms with Crippen LogP contribution in [0.3, 0.4) is 0 Å². The predicted octanol–water partition coefficient (Wildman–Crippen LogP) is 0.634. The van der Waals surface area contributed by atoms with Crippen LogP contribution in [0.4, 0.5) is 4.39 Å². The lowest BCUT2D eigenvalue weighted by molar-refractivity contribution is -0.717. The number of hydrogen-bond donors (Lipinski definition) is 2. The van der Waals surface area contributed by atoms with Gasteiger partial charge in [-0.1, -0.05) is 30.3 Å². The molecular formula is C18H15FN2O2. The normalized spacial score (nSPS) is 20.4. The monoisotopic (exact) mass is 310 g/mol. The number of rotatable bonds is 2. The summed E-state index contributed by atoms with van der Waals surface area (Å²) < 4.78 is 13.6. The highest BCUT2D eigenvalue weighted by molar-refractivity contribution is 5.86. The Balaban J connectivity index is 1.91. The number of para-hydroxylation sites is 1. The summed E-state index contributed by atoms with van der Waals surface area (Å²) in [6.07, 6.45) is 0.396. The van der Waals surface area contributed by atoms with E-state index < -0.39 is 12.0 Å². The average molecular weight is 310 g/mol. The number of hydrogen-bond acceptors (Lipinski definition) is 2. The molecule has 1 aromatic heterocycles. The zero-order valence-electron chi connectivity index (χ0n) is 12.3. The highest BCUT2D eigenvalue weighted by atomic mass is 19.1. The van der Waals surface area contributed by atoms with Crippen molar-refractivity contribution in [3.05, 3.63) is 71.2 Å². The van der Waals surface area contributed by atoms with Gasteiger partial charge in [0, 0.05) is 22.9 Å². The van der Waals surface area contributed by atoms with E-state index in [0.717, 1.165) is 27.7 Å². The molecule has 0 amide bonds. The third kappa shape index (κ3) is 2.29. The highest BCUT2D eigenvalue weighted by Crippen LogP contribution is 2.31. The van der Waals surface area contributed by atoms with Crippen LogP contribution in [0.2, 0.25) is 0 Å². The van der Waals surface area contributed by atoms with Gasteiger partial charge in [-0.2, -0.15) is 0 Å². The molecule has 5 heteroatoms.